The highest BCUT2D eigenvalue weighted by Gasteiger charge is 2.28. The molecule has 0 heterocycles. The monoisotopic (exact) mass is 366 g/mol. The molecule has 2 aliphatic rings. The van der Waals surface area contributed by atoms with E-state index in [0.29, 0.717) is 12.3 Å². The lowest BCUT2D eigenvalue weighted by atomic mass is 9.82. The Morgan fingerprint density at radius 2 is 1.77 bits per heavy atom. The number of rotatable bonds is 5. The topological polar surface area (TPSA) is 81.4 Å². The summed E-state index contributed by atoms with van der Waals surface area (Å²) >= 11 is 0. The van der Waals surface area contributed by atoms with E-state index < -0.39 is 5.60 Å². The minimum atomic E-state index is -0.415. The van der Waals surface area contributed by atoms with Crippen LogP contribution in [0.5, 0.6) is 0 Å². The molecule has 5 heteroatoms. The van der Waals surface area contributed by atoms with Gasteiger partial charge in [-0.2, -0.15) is 0 Å². The number of ether oxygens (including phenoxy) is 1. The predicted molar refractivity (Wildman–Crippen MR) is 104 cm³/mol. The first-order chi connectivity index (χ1) is 12.2. The van der Waals surface area contributed by atoms with Gasteiger partial charge >= 0.3 is 5.97 Å². The van der Waals surface area contributed by atoms with Gasteiger partial charge in [0.25, 0.3) is 0 Å². The molecule has 0 radical (unpaired) electrons. The maximum absolute atomic E-state index is 12.6. The smallest absolute Gasteiger partial charge is 0.306 e. The molecule has 0 aromatic rings. The van der Waals surface area contributed by atoms with E-state index >= 15 is 0 Å². The van der Waals surface area contributed by atoms with Gasteiger partial charge in [-0.25, -0.2) is 0 Å². The lowest BCUT2D eigenvalue weighted by Gasteiger charge is -2.31. The van der Waals surface area contributed by atoms with Gasteiger partial charge in [0.15, 0.2) is 0 Å². The molecular formula is C21H38N2O3. The third-order valence-electron chi connectivity index (χ3n) is 5.69. The molecule has 2 fully saturated rings. The van der Waals surface area contributed by atoms with E-state index in [1.165, 1.54) is 0 Å². The highest BCUT2D eigenvalue weighted by molar-refractivity contribution is 5.79. The molecule has 26 heavy (non-hydrogen) atoms. The summed E-state index contributed by atoms with van der Waals surface area (Å²) in [7, 11) is 0. The lowest BCUT2D eigenvalue weighted by Crippen LogP contribution is -2.41. The number of carbonyl (C=O) groups is 2. The Morgan fingerprint density at radius 3 is 2.50 bits per heavy atom. The number of nitrogens with two attached hydrogens (primary N) is 1. The van der Waals surface area contributed by atoms with E-state index in [9.17, 15) is 9.59 Å². The van der Waals surface area contributed by atoms with Gasteiger partial charge in [-0.05, 0) is 71.6 Å². The second-order valence-electron chi connectivity index (χ2n) is 9.33. The van der Waals surface area contributed by atoms with E-state index in [1.807, 2.05) is 20.8 Å². The lowest BCUT2D eigenvalue weighted by molar-refractivity contribution is -0.155. The largest absolute Gasteiger partial charge is 0.460 e. The Bertz CT molecular complexity index is 472. The van der Waals surface area contributed by atoms with Gasteiger partial charge in [0.05, 0.1) is 0 Å². The summed E-state index contributed by atoms with van der Waals surface area (Å²) in [6.07, 6.45) is 10.6. The fourth-order valence-electron chi connectivity index (χ4n) is 4.31. The molecule has 0 aromatic carbocycles. The van der Waals surface area contributed by atoms with Crippen molar-refractivity contribution < 1.29 is 14.3 Å². The van der Waals surface area contributed by atoms with Crippen LogP contribution in [0.4, 0.5) is 0 Å². The number of esters is 1. The fourth-order valence-corrected chi connectivity index (χ4v) is 4.31. The van der Waals surface area contributed by atoms with Crippen molar-refractivity contribution in [3.63, 3.8) is 0 Å². The summed E-state index contributed by atoms with van der Waals surface area (Å²) in [5.74, 6) is 0.741. The molecule has 3 unspecified atom stereocenters. The Labute approximate surface area is 158 Å². The summed E-state index contributed by atoms with van der Waals surface area (Å²) in [4.78, 5) is 24.6. The summed E-state index contributed by atoms with van der Waals surface area (Å²) in [5, 5.41) is 3.29. The molecule has 0 saturated heterocycles. The maximum atomic E-state index is 12.6. The van der Waals surface area contributed by atoms with Crippen LogP contribution in [0.2, 0.25) is 0 Å². The van der Waals surface area contributed by atoms with Crippen LogP contribution in [0.1, 0.15) is 91.4 Å². The Balaban J connectivity index is 1.73. The highest BCUT2D eigenvalue weighted by Crippen LogP contribution is 2.29. The average Bonchev–Trinajstić information content (AvgIpc) is 2.76. The molecule has 2 saturated carbocycles. The van der Waals surface area contributed by atoms with Crippen molar-refractivity contribution in [1.82, 2.24) is 5.32 Å². The normalized spacial score (nSPS) is 30.3. The minimum Gasteiger partial charge on any atom is -0.460 e. The van der Waals surface area contributed by atoms with E-state index in [-0.39, 0.29) is 29.9 Å². The zero-order valence-corrected chi connectivity index (χ0v) is 16.9. The van der Waals surface area contributed by atoms with Crippen molar-refractivity contribution in [2.24, 2.45) is 17.6 Å². The van der Waals surface area contributed by atoms with Crippen molar-refractivity contribution in [2.45, 2.75) is 109 Å². The molecule has 5 nitrogen and oxygen atoms in total. The van der Waals surface area contributed by atoms with Crippen LogP contribution in [-0.2, 0) is 14.3 Å². The van der Waals surface area contributed by atoms with Crippen LogP contribution in [-0.4, -0.2) is 29.6 Å². The second-order valence-corrected chi connectivity index (χ2v) is 9.33. The van der Waals surface area contributed by atoms with Crippen molar-refractivity contribution in [2.75, 3.05) is 0 Å². The molecule has 4 atom stereocenters. The Morgan fingerprint density at radius 1 is 1.04 bits per heavy atom. The van der Waals surface area contributed by atoms with Gasteiger partial charge in [-0.1, -0.05) is 19.3 Å². The number of amides is 1. The van der Waals surface area contributed by atoms with Crippen LogP contribution in [0, 0.1) is 11.8 Å². The first-order valence-electron chi connectivity index (χ1n) is 10.5. The van der Waals surface area contributed by atoms with Gasteiger partial charge in [0.1, 0.15) is 5.60 Å². The van der Waals surface area contributed by atoms with Gasteiger partial charge < -0.3 is 15.8 Å². The van der Waals surface area contributed by atoms with Crippen LogP contribution >= 0.6 is 0 Å². The van der Waals surface area contributed by atoms with Crippen LogP contribution < -0.4 is 11.1 Å². The second kappa shape index (κ2) is 9.72. The van der Waals surface area contributed by atoms with Gasteiger partial charge in [0, 0.05) is 24.4 Å². The number of carbonyl (C=O) groups excluding carboxylic acids is 2. The minimum absolute atomic E-state index is 0.113. The molecule has 3 N–H and O–H groups in total. The molecule has 0 spiro atoms. The first-order valence-corrected chi connectivity index (χ1v) is 10.5. The predicted octanol–water partition coefficient (Wildman–Crippen LogP) is 3.69. The summed E-state index contributed by atoms with van der Waals surface area (Å²) in [5.41, 5.74) is 5.61. The van der Waals surface area contributed by atoms with Crippen LogP contribution in [0.15, 0.2) is 0 Å². The first kappa shape index (κ1) is 21.2. The number of hydrogen-bond acceptors (Lipinski definition) is 4. The van der Waals surface area contributed by atoms with Crippen LogP contribution in [0.25, 0.3) is 0 Å². The van der Waals surface area contributed by atoms with E-state index in [4.69, 9.17) is 10.5 Å². The van der Waals surface area contributed by atoms with E-state index in [1.54, 1.807) is 0 Å². The highest BCUT2D eigenvalue weighted by atomic mass is 16.6. The SMILES string of the molecule is CC(C)(C)OC(=O)CCC1CCC[C@@H](NC(=O)C2CCCC(N)CC2)C1. The standard InChI is InChI=1S/C21H38N2O3/c1-21(2,3)26-19(24)13-10-15-6-4-9-18(14-15)23-20(25)16-7-5-8-17(22)12-11-16/h15-18H,4-14,22H2,1-3H3,(H,23,25)/t15?,16?,17?,18-/m1/s1. The summed E-state index contributed by atoms with van der Waals surface area (Å²) in [6.45, 7) is 5.70. The molecule has 2 rings (SSSR count). The summed E-state index contributed by atoms with van der Waals surface area (Å²) < 4.78 is 5.40. The third kappa shape index (κ3) is 7.65. The molecule has 150 valence electrons. The Hall–Kier alpha value is -1.10. The maximum Gasteiger partial charge on any atom is 0.306 e. The van der Waals surface area contributed by atoms with Gasteiger partial charge in [-0.15, -0.1) is 0 Å². The molecule has 1 amide bonds. The van der Waals surface area contributed by atoms with E-state index in [2.05, 4.69) is 5.32 Å². The molecule has 0 bridgehead atoms. The van der Waals surface area contributed by atoms with Crippen molar-refractivity contribution in [3.05, 3.63) is 0 Å². The average molecular weight is 367 g/mol. The molecule has 0 aromatic heterocycles. The molecular weight excluding hydrogens is 328 g/mol. The molecule has 2 aliphatic carbocycles. The zero-order valence-electron chi connectivity index (χ0n) is 16.9. The van der Waals surface area contributed by atoms with Crippen molar-refractivity contribution in [1.29, 1.82) is 0 Å². The van der Waals surface area contributed by atoms with Gasteiger partial charge in [0.2, 0.25) is 5.91 Å². The van der Waals surface area contributed by atoms with Crippen LogP contribution in [0.3, 0.4) is 0 Å². The van der Waals surface area contributed by atoms with E-state index in [0.717, 1.165) is 64.2 Å². The quantitative estimate of drug-likeness (QED) is 0.574. The van der Waals surface area contributed by atoms with Gasteiger partial charge in [-0.3, -0.25) is 9.59 Å². The third-order valence-corrected chi connectivity index (χ3v) is 5.69. The summed E-state index contributed by atoms with van der Waals surface area (Å²) in [6, 6.07) is 0.525. The number of hydrogen-bond donors (Lipinski definition) is 2. The zero-order chi connectivity index (χ0) is 19.2. The van der Waals surface area contributed by atoms with Crippen molar-refractivity contribution >= 4 is 11.9 Å². The number of nitrogens with one attached hydrogen (secondary N) is 1. The Kier molecular flexibility index (Phi) is 7.93. The fraction of sp³-hybridized carbons (Fsp3) is 0.905. The molecule has 0 aliphatic heterocycles. The van der Waals surface area contributed by atoms with Crippen molar-refractivity contribution in [3.8, 4) is 0 Å².